The zero-order valence-electron chi connectivity index (χ0n) is 10.0. The Kier molecular flexibility index (Phi) is 3.88. The van der Waals surface area contributed by atoms with Crippen LogP contribution < -0.4 is 0 Å². The number of alkyl halides is 1. The summed E-state index contributed by atoms with van der Waals surface area (Å²) in [7, 11) is 1.58. The molecule has 1 aliphatic heterocycles. The molecule has 0 aromatic heterocycles. The van der Waals surface area contributed by atoms with Crippen LogP contribution in [0.5, 0.6) is 0 Å². The van der Waals surface area contributed by atoms with Crippen LogP contribution in [0, 0.1) is 6.92 Å². The van der Waals surface area contributed by atoms with Crippen LogP contribution in [-0.4, -0.2) is 29.9 Å². The van der Waals surface area contributed by atoms with Gasteiger partial charge in [0.05, 0.1) is 11.4 Å². The first-order chi connectivity index (χ1) is 8.08. The van der Waals surface area contributed by atoms with Crippen LogP contribution in [0.1, 0.15) is 17.5 Å². The summed E-state index contributed by atoms with van der Waals surface area (Å²) in [5, 5.41) is 10.8. The summed E-state index contributed by atoms with van der Waals surface area (Å²) < 4.78 is 10.7. The SMILES string of the molecule is CO[C@@H]1OCC[C@](O)(c2cccc(C)c2)[C@H]1Br. The zero-order valence-corrected chi connectivity index (χ0v) is 11.6. The van der Waals surface area contributed by atoms with Crippen molar-refractivity contribution in [3.05, 3.63) is 35.4 Å². The quantitative estimate of drug-likeness (QED) is 0.852. The molecule has 4 heteroatoms. The molecule has 0 aliphatic carbocycles. The molecule has 0 saturated carbocycles. The topological polar surface area (TPSA) is 38.7 Å². The third kappa shape index (κ3) is 2.40. The number of ether oxygens (including phenoxy) is 2. The van der Waals surface area contributed by atoms with E-state index in [0.29, 0.717) is 13.0 Å². The zero-order chi connectivity index (χ0) is 12.5. The molecule has 0 unspecified atom stereocenters. The predicted octanol–water partition coefficient (Wildman–Crippen LogP) is 2.34. The average Bonchev–Trinajstić information content (AvgIpc) is 2.33. The molecule has 1 aromatic rings. The van der Waals surface area contributed by atoms with Crippen molar-refractivity contribution < 1.29 is 14.6 Å². The molecule has 2 rings (SSSR count). The molecule has 1 fully saturated rings. The van der Waals surface area contributed by atoms with Crippen LogP contribution in [-0.2, 0) is 15.1 Å². The lowest BCUT2D eigenvalue weighted by Crippen LogP contribution is -2.49. The number of aliphatic hydroxyl groups is 1. The predicted molar refractivity (Wildman–Crippen MR) is 69.2 cm³/mol. The lowest BCUT2D eigenvalue weighted by atomic mass is 9.85. The van der Waals surface area contributed by atoms with Crippen molar-refractivity contribution in [1.82, 2.24) is 0 Å². The fourth-order valence-corrected chi connectivity index (χ4v) is 3.05. The summed E-state index contributed by atoms with van der Waals surface area (Å²) in [6.45, 7) is 2.51. The Hall–Kier alpha value is -0.420. The minimum absolute atomic E-state index is 0.268. The van der Waals surface area contributed by atoms with Gasteiger partial charge in [0, 0.05) is 13.5 Å². The number of hydrogen-bond acceptors (Lipinski definition) is 3. The van der Waals surface area contributed by atoms with E-state index in [1.807, 2.05) is 31.2 Å². The van der Waals surface area contributed by atoms with Crippen LogP contribution in [0.25, 0.3) is 0 Å². The van der Waals surface area contributed by atoms with Crippen molar-refractivity contribution >= 4 is 15.9 Å². The molecule has 1 aliphatic rings. The van der Waals surface area contributed by atoms with Crippen LogP contribution in [0.3, 0.4) is 0 Å². The summed E-state index contributed by atoms with van der Waals surface area (Å²) in [5.41, 5.74) is 1.10. The summed E-state index contributed by atoms with van der Waals surface area (Å²) in [5.74, 6) is 0. The number of benzene rings is 1. The van der Waals surface area contributed by atoms with Crippen molar-refractivity contribution in [1.29, 1.82) is 0 Å². The van der Waals surface area contributed by atoms with Crippen molar-refractivity contribution in [2.75, 3.05) is 13.7 Å². The van der Waals surface area contributed by atoms with E-state index >= 15 is 0 Å². The first-order valence-electron chi connectivity index (χ1n) is 5.66. The maximum Gasteiger partial charge on any atom is 0.172 e. The van der Waals surface area contributed by atoms with Gasteiger partial charge in [0.2, 0.25) is 0 Å². The Morgan fingerprint density at radius 2 is 2.29 bits per heavy atom. The van der Waals surface area contributed by atoms with Crippen molar-refractivity contribution in [3.63, 3.8) is 0 Å². The Labute approximate surface area is 110 Å². The number of halogens is 1. The van der Waals surface area contributed by atoms with Crippen LogP contribution in [0.2, 0.25) is 0 Å². The van der Waals surface area contributed by atoms with E-state index < -0.39 is 11.9 Å². The molecule has 3 nitrogen and oxygen atoms in total. The smallest absolute Gasteiger partial charge is 0.172 e. The van der Waals surface area contributed by atoms with Crippen LogP contribution >= 0.6 is 15.9 Å². The molecular formula is C13H17BrO3. The molecule has 1 aromatic carbocycles. The van der Waals surface area contributed by atoms with E-state index in [4.69, 9.17) is 9.47 Å². The van der Waals surface area contributed by atoms with Crippen molar-refractivity contribution in [2.24, 2.45) is 0 Å². The average molecular weight is 301 g/mol. The molecular weight excluding hydrogens is 284 g/mol. The molecule has 0 spiro atoms. The number of hydrogen-bond donors (Lipinski definition) is 1. The molecule has 1 N–H and O–H groups in total. The highest BCUT2D eigenvalue weighted by molar-refractivity contribution is 9.09. The lowest BCUT2D eigenvalue weighted by molar-refractivity contribution is -0.194. The van der Waals surface area contributed by atoms with Gasteiger partial charge in [-0.2, -0.15) is 0 Å². The molecule has 3 atom stereocenters. The number of methoxy groups -OCH3 is 1. The van der Waals surface area contributed by atoms with Gasteiger partial charge in [-0.3, -0.25) is 0 Å². The second-order valence-electron chi connectivity index (χ2n) is 4.42. The van der Waals surface area contributed by atoms with Crippen LogP contribution in [0.15, 0.2) is 24.3 Å². The first kappa shape index (κ1) is 13.0. The van der Waals surface area contributed by atoms with E-state index in [0.717, 1.165) is 11.1 Å². The Bertz CT molecular complexity index is 396. The summed E-state index contributed by atoms with van der Waals surface area (Å²) in [6, 6.07) is 7.93. The monoisotopic (exact) mass is 300 g/mol. The molecule has 0 radical (unpaired) electrons. The summed E-state index contributed by atoms with van der Waals surface area (Å²) in [4.78, 5) is -0.268. The standard InChI is InChI=1S/C13H17BrO3/c1-9-4-3-5-10(8-9)13(15)6-7-17-12(16-2)11(13)14/h3-5,8,11-12,15H,6-7H2,1-2H3/t11-,12+,13-/m0/s1. The van der Waals surface area contributed by atoms with Gasteiger partial charge in [-0.25, -0.2) is 0 Å². The van der Waals surface area contributed by atoms with Gasteiger partial charge >= 0.3 is 0 Å². The van der Waals surface area contributed by atoms with E-state index in [1.54, 1.807) is 7.11 Å². The highest BCUT2D eigenvalue weighted by Crippen LogP contribution is 2.39. The third-order valence-electron chi connectivity index (χ3n) is 3.21. The van der Waals surface area contributed by atoms with Gasteiger partial charge < -0.3 is 14.6 Å². The van der Waals surface area contributed by atoms with Crippen molar-refractivity contribution in [2.45, 2.75) is 30.1 Å². The normalized spacial score (nSPS) is 33.6. The Morgan fingerprint density at radius 3 is 2.94 bits per heavy atom. The molecule has 1 saturated heterocycles. The lowest BCUT2D eigenvalue weighted by Gasteiger charge is -2.41. The second kappa shape index (κ2) is 5.06. The van der Waals surface area contributed by atoms with E-state index in [9.17, 15) is 5.11 Å². The van der Waals surface area contributed by atoms with E-state index in [2.05, 4.69) is 15.9 Å². The number of aryl methyl sites for hydroxylation is 1. The van der Waals surface area contributed by atoms with Gasteiger partial charge in [-0.1, -0.05) is 45.8 Å². The van der Waals surface area contributed by atoms with Gasteiger partial charge in [0.25, 0.3) is 0 Å². The molecule has 0 amide bonds. The van der Waals surface area contributed by atoms with Gasteiger partial charge in [-0.05, 0) is 12.5 Å². The molecule has 0 bridgehead atoms. The number of rotatable bonds is 2. The maximum atomic E-state index is 10.8. The minimum Gasteiger partial charge on any atom is -0.384 e. The van der Waals surface area contributed by atoms with E-state index in [-0.39, 0.29) is 4.83 Å². The van der Waals surface area contributed by atoms with Gasteiger partial charge in [-0.15, -0.1) is 0 Å². The summed E-state index contributed by atoms with van der Waals surface area (Å²) in [6.07, 6.45) is 0.140. The highest BCUT2D eigenvalue weighted by Gasteiger charge is 2.45. The minimum atomic E-state index is -0.940. The largest absolute Gasteiger partial charge is 0.384 e. The van der Waals surface area contributed by atoms with Crippen LogP contribution in [0.4, 0.5) is 0 Å². The Morgan fingerprint density at radius 1 is 1.53 bits per heavy atom. The first-order valence-corrected chi connectivity index (χ1v) is 6.57. The van der Waals surface area contributed by atoms with Gasteiger partial charge in [0.1, 0.15) is 5.60 Å². The maximum absolute atomic E-state index is 10.8. The van der Waals surface area contributed by atoms with E-state index in [1.165, 1.54) is 0 Å². The van der Waals surface area contributed by atoms with Crippen molar-refractivity contribution in [3.8, 4) is 0 Å². The highest BCUT2D eigenvalue weighted by atomic mass is 79.9. The Balaban J connectivity index is 2.34. The molecule has 94 valence electrons. The van der Waals surface area contributed by atoms with Gasteiger partial charge in [0.15, 0.2) is 6.29 Å². The third-order valence-corrected chi connectivity index (χ3v) is 4.40. The fourth-order valence-electron chi connectivity index (χ4n) is 2.18. The summed E-state index contributed by atoms with van der Waals surface area (Å²) >= 11 is 3.50. The molecule has 17 heavy (non-hydrogen) atoms. The molecule has 1 heterocycles. The fraction of sp³-hybridized carbons (Fsp3) is 0.538. The second-order valence-corrected chi connectivity index (χ2v) is 5.41.